The summed E-state index contributed by atoms with van der Waals surface area (Å²) in [5, 5.41) is 10.6. The first-order valence-corrected chi connectivity index (χ1v) is 9.83. The summed E-state index contributed by atoms with van der Waals surface area (Å²) in [5.41, 5.74) is -3.37. The molecule has 178 valence electrons. The molecule has 3 heterocycles. The lowest BCUT2D eigenvalue weighted by Crippen LogP contribution is -2.21. The molecule has 0 aliphatic rings. The molecule has 7 nitrogen and oxygen atoms in total. The highest BCUT2D eigenvalue weighted by Crippen LogP contribution is 2.36. The van der Waals surface area contributed by atoms with Gasteiger partial charge in [-0.1, -0.05) is 6.07 Å². The molecule has 0 saturated carbocycles. The van der Waals surface area contributed by atoms with Gasteiger partial charge >= 0.3 is 12.4 Å². The summed E-state index contributed by atoms with van der Waals surface area (Å²) in [6.45, 7) is 3.79. The summed E-state index contributed by atoms with van der Waals surface area (Å²) < 4.78 is 82.6. The average Bonchev–Trinajstić information content (AvgIpc) is 3.37. The Hall–Kier alpha value is -3.90. The van der Waals surface area contributed by atoms with Crippen molar-refractivity contribution in [3.63, 3.8) is 0 Å². The Bertz CT molecular complexity index is 1370. The monoisotopic (exact) mass is 482 g/mol. The van der Waals surface area contributed by atoms with Gasteiger partial charge in [0.05, 0.1) is 41.1 Å². The van der Waals surface area contributed by atoms with Crippen molar-refractivity contribution in [3.8, 4) is 5.69 Å². The summed E-state index contributed by atoms with van der Waals surface area (Å²) in [5.74, 6) is -1.15. The minimum atomic E-state index is -5.09. The summed E-state index contributed by atoms with van der Waals surface area (Å²) >= 11 is 0. The first-order valence-electron chi connectivity index (χ1n) is 9.83. The number of carbonyl (C=O) groups excluding carboxylic acids is 1. The van der Waals surface area contributed by atoms with Crippen molar-refractivity contribution < 1.29 is 31.1 Å². The summed E-state index contributed by atoms with van der Waals surface area (Å²) in [6, 6.07) is 4.74. The van der Waals surface area contributed by atoms with Crippen LogP contribution in [0.15, 0.2) is 48.9 Å². The van der Waals surface area contributed by atoms with E-state index in [4.69, 9.17) is 0 Å². The lowest BCUT2D eigenvalue weighted by atomic mass is 10.1. The molecule has 0 aliphatic heterocycles. The zero-order valence-electron chi connectivity index (χ0n) is 17.6. The smallest absolute Gasteiger partial charge is 0.320 e. The summed E-state index contributed by atoms with van der Waals surface area (Å²) in [6.07, 6.45) is -6.42. The molecular weight excluding hydrogens is 466 g/mol. The molecule has 0 saturated heterocycles. The molecule has 4 aromatic rings. The van der Waals surface area contributed by atoms with Gasteiger partial charge in [0.15, 0.2) is 11.3 Å². The van der Waals surface area contributed by atoms with Crippen LogP contribution in [0.25, 0.3) is 16.7 Å². The van der Waals surface area contributed by atoms with Crippen molar-refractivity contribution in [3.05, 3.63) is 65.7 Å². The molecule has 0 spiro atoms. The first-order chi connectivity index (χ1) is 15.9. The van der Waals surface area contributed by atoms with Crippen molar-refractivity contribution in [2.24, 2.45) is 0 Å². The lowest BCUT2D eigenvalue weighted by molar-refractivity contribution is -0.143. The van der Waals surface area contributed by atoms with Crippen molar-refractivity contribution in [1.29, 1.82) is 0 Å². The second-order valence-electron chi connectivity index (χ2n) is 7.64. The number of pyridine rings is 1. The number of halogens is 6. The van der Waals surface area contributed by atoms with Crippen molar-refractivity contribution in [2.45, 2.75) is 32.2 Å². The minimum Gasteiger partial charge on any atom is -0.320 e. The second-order valence-corrected chi connectivity index (χ2v) is 7.64. The van der Waals surface area contributed by atoms with Crippen LogP contribution in [0, 0.1) is 0 Å². The number of nitrogens with one attached hydrogen (secondary N) is 1. The zero-order valence-corrected chi connectivity index (χ0v) is 17.6. The standard InChI is InChI=1S/C21H16F6N6O/c1-11(2)32-18-12(8-29-32)6-14(9-28-18)31-19(34)16-10-30-33(17(16)21(25,26)27)15-5-3-4-13(7-15)20(22,23)24/h3-11H,1-2H3,(H,31,34). The fourth-order valence-electron chi connectivity index (χ4n) is 3.38. The predicted octanol–water partition coefficient (Wildman–Crippen LogP) is 5.49. The van der Waals surface area contributed by atoms with Crippen molar-refractivity contribution in [1.82, 2.24) is 24.5 Å². The number of benzene rings is 1. The van der Waals surface area contributed by atoms with Crippen LogP contribution in [0.5, 0.6) is 0 Å². The Balaban J connectivity index is 1.71. The van der Waals surface area contributed by atoms with E-state index in [1.165, 1.54) is 18.5 Å². The van der Waals surface area contributed by atoms with Gasteiger partial charge in [0.1, 0.15) is 0 Å². The highest BCUT2D eigenvalue weighted by Gasteiger charge is 2.41. The Kier molecular flexibility index (Phi) is 5.58. The number of anilines is 1. The zero-order chi connectivity index (χ0) is 24.8. The molecule has 0 bridgehead atoms. The largest absolute Gasteiger partial charge is 0.434 e. The predicted molar refractivity (Wildman–Crippen MR) is 109 cm³/mol. The number of carbonyl (C=O) groups is 1. The molecule has 34 heavy (non-hydrogen) atoms. The number of amides is 1. The molecule has 1 amide bonds. The van der Waals surface area contributed by atoms with Crippen LogP contribution >= 0.6 is 0 Å². The van der Waals surface area contributed by atoms with E-state index in [1.54, 1.807) is 4.68 Å². The highest BCUT2D eigenvalue weighted by molar-refractivity contribution is 6.05. The maximum atomic E-state index is 13.9. The molecule has 0 atom stereocenters. The van der Waals surface area contributed by atoms with E-state index in [0.717, 1.165) is 18.2 Å². The number of alkyl halides is 6. The molecule has 1 aromatic carbocycles. The fourth-order valence-corrected chi connectivity index (χ4v) is 3.38. The normalized spacial score (nSPS) is 12.5. The number of aromatic nitrogens is 5. The van der Waals surface area contributed by atoms with Crippen molar-refractivity contribution in [2.75, 3.05) is 5.32 Å². The van der Waals surface area contributed by atoms with Crippen LogP contribution in [-0.2, 0) is 12.4 Å². The van der Waals surface area contributed by atoms with Crippen LogP contribution in [0.4, 0.5) is 32.0 Å². The fraction of sp³-hybridized carbons (Fsp3) is 0.238. The topological polar surface area (TPSA) is 77.6 Å². The second kappa shape index (κ2) is 8.15. The summed E-state index contributed by atoms with van der Waals surface area (Å²) in [4.78, 5) is 16.9. The summed E-state index contributed by atoms with van der Waals surface area (Å²) in [7, 11) is 0. The van der Waals surface area contributed by atoms with E-state index in [0.29, 0.717) is 23.3 Å². The Morgan fingerprint density at radius 1 is 0.971 bits per heavy atom. The number of hydrogen-bond acceptors (Lipinski definition) is 4. The van der Waals surface area contributed by atoms with E-state index in [2.05, 4.69) is 20.5 Å². The quantitative estimate of drug-likeness (QED) is 0.391. The van der Waals surface area contributed by atoms with Gasteiger partial charge in [-0.3, -0.25) is 4.79 Å². The number of hydrogen-bond donors (Lipinski definition) is 1. The van der Waals surface area contributed by atoms with Gasteiger partial charge < -0.3 is 5.32 Å². The van der Waals surface area contributed by atoms with Crippen LogP contribution in [-0.4, -0.2) is 30.5 Å². The molecule has 13 heteroatoms. The van der Waals surface area contributed by atoms with Crippen LogP contribution in [0.1, 0.15) is 41.5 Å². The molecular formula is C21H16F6N6O. The van der Waals surface area contributed by atoms with E-state index < -0.39 is 40.8 Å². The Labute approximate surface area is 188 Å². The van der Waals surface area contributed by atoms with E-state index in [9.17, 15) is 31.1 Å². The molecule has 0 radical (unpaired) electrons. The third-order valence-corrected chi connectivity index (χ3v) is 4.88. The molecule has 0 unspecified atom stereocenters. The van der Waals surface area contributed by atoms with Gasteiger partial charge in [0, 0.05) is 11.4 Å². The van der Waals surface area contributed by atoms with Gasteiger partial charge in [0.25, 0.3) is 5.91 Å². The van der Waals surface area contributed by atoms with E-state index in [-0.39, 0.29) is 16.4 Å². The highest BCUT2D eigenvalue weighted by atomic mass is 19.4. The molecule has 4 rings (SSSR count). The van der Waals surface area contributed by atoms with Crippen LogP contribution in [0.2, 0.25) is 0 Å². The Morgan fingerprint density at radius 2 is 1.71 bits per heavy atom. The third-order valence-electron chi connectivity index (χ3n) is 4.88. The molecule has 1 N–H and O–H groups in total. The van der Waals surface area contributed by atoms with E-state index >= 15 is 0 Å². The lowest BCUT2D eigenvalue weighted by Gasteiger charge is -2.14. The minimum absolute atomic E-state index is 0.0153. The van der Waals surface area contributed by atoms with Gasteiger partial charge in [-0.15, -0.1) is 0 Å². The number of fused-ring (bicyclic) bond motifs is 1. The van der Waals surface area contributed by atoms with Gasteiger partial charge in [-0.05, 0) is 38.1 Å². The third kappa shape index (κ3) is 4.32. The number of rotatable bonds is 4. The first kappa shape index (κ1) is 23.3. The molecule has 0 fully saturated rings. The molecule has 3 aromatic heterocycles. The van der Waals surface area contributed by atoms with Crippen LogP contribution < -0.4 is 5.32 Å². The van der Waals surface area contributed by atoms with Crippen molar-refractivity contribution >= 4 is 22.6 Å². The Morgan fingerprint density at radius 3 is 2.35 bits per heavy atom. The van der Waals surface area contributed by atoms with E-state index in [1.807, 2.05) is 13.8 Å². The number of nitrogens with zero attached hydrogens (tertiary/aromatic N) is 5. The van der Waals surface area contributed by atoms with Gasteiger partial charge in [-0.2, -0.15) is 36.5 Å². The molecule has 0 aliphatic carbocycles. The maximum absolute atomic E-state index is 13.9. The van der Waals surface area contributed by atoms with Gasteiger partial charge in [0.2, 0.25) is 0 Å². The SMILES string of the molecule is CC(C)n1ncc2cc(NC(=O)c3cnn(-c4cccc(C(F)(F)F)c4)c3C(F)(F)F)cnc21. The maximum Gasteiger partial charge on any atom is 0.434 e. The van der Waals surface area contributed by atoms with Crippen LogP contribution in [0.3, 0.4) is 0 Å². The average molecular weight is 482 g/mol. The van der Waals surface area contributed by atoms with Gasteiger partial charge in [-0.25, -0.2) is 14.3 Å².